The smallest absolute Gasteiger partial charge is 0.405 e. The predicted molar refractivity (Wildman–Crippen MR) is 279 cm³/mol. The van der Waals surface area contributed by atoms with E-state index in [4.69, 9.17) is 9.47 Å². The lowest BCUT2D eigenvalue weighted by atomic mass is 10.0. The number of hydrogen-bond donors (Lipinski definition) is 6. The number of nitrogens with zero attached hydrogens (tertiary/aromatic N) is 6. The first-order valence-electron chi connectivity index (χ1n) is 25.3. The summed E-state index contributed by atoms with van der Waals surface area (Å²) in [5, 5.41) is 53.9. The third kappa shape index (κ3) is 12.5. The van der Waals surface area contributed by atoms with Crippen molar-refractivity contribution in [3.8, 4) is 0 Å². The molecule has 4 aliphatic rings. The van der Waals surface area contributed by atoms with E-state index in [1.165, 1.54) is 86.4 Å². The molecule has 4 unspecified atom stereocenters. The number of halogens is 2. The minimum atomic E-state index is -1.55. The third-order valence-electron chi connectivity index (χ3n) is 15.3. The van der Waals surface area contributed by atoms with Crippen LogP contribution in [-0.2, 0) is 28.7 Å². The van der Waals surface area contributed by atoms with Gasteiger partial charge in [-0.2, -0.15) is 0 Å². The number of carbonyl (C=O) groups excluding carboxylic acids is 4. The van der Waals surface area contributed by atoms with E-state index in [1.807, 2.05) is 0 Å². The van der Waals surface area contributed by atoms with Crippen LogP contribution in [0.1, 0.15) is 75.6 Å². The molecule has 0 aliphatic carbocycles. The van der Waals surface area contributed by atoms with Crippen molar-refractivity contribution in [2.75, 3.05) is 60.8 Å². The van der Waals surface area contributed by atoms with Crippen LogP contribution in [0.25, 0.3) is 0 Å². The highest BCUT2D eigenvalue weighted by Crippen LogP contribution is 2.50. The topological polar surface area (TPSA) is 309 Å². The summed E-state index contributed by atoms with van der Waals surface area (Å²) in [5.41, 5.74) is -1.19. The largest absolute Gasteiger partial charge is 0.465 e. The van der Waals surface area contributed by atoms with Gasteiger partial charge in [0.05, 0.1) is 42.2 Å². The molecule has 0 spiro atoms. The van der Waals surface area contributed by atoms with Crippen molar-refractivity contribution in [2.24, 2.45) is 0 Å². The van der Waals surface area contributed by atoms with Gasteiger partial charge in [-0.3, -0.25) is 39.4 Å². The van der Waals surface area contributed by atoms with Crippen LogP contribution in [0.2, 0.25) is 25.2 Å². The SMILES string of the molecule is COC(C)C(NC(=O)O)C(=O)N1CCC[C@H]1C(=O)Nc1ccc([C@@H]2CC[C@@H](c3ccc(NC(=O)[C@@H]4CCCN4C(=O)C(NC(=O)O)C(C)OC)c([N+](=O)[O-])c3)N2c2cc(F)c(N3CC[Si](C)(C)CC3)c(F)c2)cc1[N+](=O)[O-]. The Hall–Kier alpha value is -7.52. The maximum absolute atomic E-state index is 16.5. The van der Waals surface area contributed by atoms with Gasteiger partial charge in [-0.1, -0.05) is 25.2 Å². The van der Waals surface area contributed by atoms with Crippen molar-refractivity contribution in [1.82, 2.24) is 20.4 Å². The average molecular weight is 1100 g/mol. The normalized spacial score (nSPS) is 21.7. The van der Waals surface area contributed by atoms with Gasteiger partial charge in [0.2, 0.25) is 23.6 Å². The summed E-state index contributed by atoms with van der Waals surface area (Å²) in [6, 6.07) is 5.33. The van der Waals surface area contributed by atoms with Crippen molar-refractivity contribution in [2.45, 2.75) is 126 Å². The van der Waals surface area contributed by atoms with E-state index in [2.05, 4.69) is 34.4 Å². The van der Waals surface area contributed by atoms with Crippen molar-refractivity contribution in [3.63, 3.8) is 0 Å². The molecule has 24 nitrogen and oxygen atoms in total. The fraction of sp³-hybridized carbons (Fsp3) is 0.520. The van der Waals surface area contributed by atoms with Crippen LogP contribution in [0, 0.1) is 31.9 Å². The Kier molecular flexibility index (Phi) is 17.7. The van der Waals surface area contributed by atoms with Crippen molar-refractivity contribution < 1.29 is 67.1 Å². The first-order chi connectivity index (χ1) is 36.4. The van der Waals surface area contributed by atoms with E-state index >= 15 is 8.78 Å². The first-order valence-corrected chi connectivity index (χ1v) is 28.7. The van der Waals surface area contributed by atoms with Gasteiger partial charge in [0.1, 0.15) is 41.2 Å². The van der Waals surface area contributed by atoms with Crippen molar-refractivity contribution in [3.05, 3.63) is 91.5 Å². The number of ether oxygens (including phenoxy) is 2. The van der Waals surface area contributed by atoms with Gasteiger partial charge in [0.15, 0.2) is 11.6 Å². The Bertz CT molecular complexity index is 2630. The van der Waals surface area contributed by atoms with E-state index in [1.54, 1.807) is 9.80 Å². The second kappa shape index (κ2) is 23.8. The van der Waals surface area contributed by atoms with Gasteiger partial charge in [-0.05, 0) is 99.9 Å². The first kappa shape index (κ1) is 57.2. The van der Waals surface area contributed by atoms with Gasteiger partial charge < -0.3 is 60.6 Å². The Balaban J connectivity index is 1.21. The molecular weight excluding hydrogens is 1030 g/mol. The van der Waals surface area contributed by atoms with E-state index < -0.39 is 125 Å². The number of hydrogen-bond acceptors (Lipinski definition) is 14. The number of nitrogens with one attached hydrogen (secondary N) is 4. The number of nitro benzene ring substituents is 2. The molecule has 77 heavy (non-hydrogen) atoms. The number of likely N-dealkylation sites (tertiary alicyclic amines) is 2. The summed E-state index contributed by atoms with van der Waals surface area (Å²) in [5.74, 6) is -4.71. The molecular formula is C50H64F2N10O14Si. The van der Waals surface area contributed by atoms with Gasteiger partial charge in [0.25, 0.3) is 11.4 Å². The minimum absolute atomic E-state index is 0.0250. The highest BCUT2D eigenvalue weighted by molar-refractivity contribution is 6.77. The van der Waals surface area contributed by atoms with E-state index in [9.17, 15) is 59.2 Å². The fourth-order valence-electron chi connectivity index (χ4n) is 10.9. The second-order valence-corrected chi connectivity index (χ2v) is 25.9. The number of anilines is 4. The van der Waals surface area contributed by atoms with Crippen molar-refractivity contribution >= 4 is 78.0 Å². The highest BCUT2D eigenvalue weighted by atomic mass is 28.3. The average Bonchev–Trinajstić information content (AvgIpc) is 4.20. The number of carbonyl (C=O) groups is 6. The molecule has 4 saturated heterocycles. The Morgan fingerprint density at radius 3 is 1.43 bits per heavy atom. The van der Waals surface area contributed by atoms with Crippen LogP contribution < -0.4 is 31.1 Å². The molecule has 0 radical (unpaired) electrons. The zero-order valence-corrected chi connectivity index (χ0v) is 44.5. The van der Waals surface area contributed by atoms with Crippen LogP contribution in [0.4, 0.5) is 52.5 Å². The number of carboxylic acid groups (broad SMARTS) is 2. The molecule has 6 amide bonds. The summed E-state index contributed by atoms with van der Waals surface area (Å²) >= 11 is 0. The van der Waals surface area contributed by atoms with Crippen LogP contribution >= 0.6 is 0 Å². The summed E-state index contributed by atoms with van der Waals surface area (Å²) in [4.78, 5) is 108. The summed E-state index contributed by atoms with van der Waals surface area (Å²) < 4.78 is 43.5. The molecule has 416 valence electrons. The number of rotatable bonds is 18. The summed E-state index contributed by atoms with van der Waals surface area (Å²) in [7, 11) is 1.03. The number of amides is 6. The van der Waals surface area contributed by atoms with Crippen LogP contribution in [0.15, 0.2) is 48.5 Å². The Labute approximate surface area is 442 Å². The predicted octanol–water partition coefficient (Wildman–Crippen LogP) is 6.59. The third-order valence-corrected chi connectivity index (χ3v) is 18.4. The fourth-order valence-corrected chi connectivity index (χ4v) is 12.9. The number of benzene rings is 3. The monoisotopic (exact) mass is 1090 g/mol. The molecule has 7 rings (SSSR count). The zero-order valence-electron chi connectivity index (χ0n) is 43.5. The van der Waals surface area contributed by atoms with Crippen LogP contribution in [0.3, 0.4) is 0 Å². The molecule has 3 aromatic rings. The Morgan fingerprint density at radius 1 is 0.662 bits per heavy atom. The molecule has 3 aromatic carbocycles. The molecule has 0 aromatic heterocycles. The molecule has 8 atom stereocenters. The van der Waals surface area contributed by atoms with Crippen molar-refractivity contribution in [1.29, 1.82) is 0 Å². The minimum Gasteiger partial charge on any atom is -0.465 e. The highest BCUT2D eigenvalue weighted by Gasteiger charge is 2.44. The molecule has 27 heteroatoms. The van der Waals surface area contributed by atoms with Gasteiger partial charge >= 0.3 is 12.2 Å². The number of nitro groups is 2. The molecule has 4 heterocycles. The quantitative estimate of drug-likeness (QED) is 0.0444. The Morgan fingerprint density at radius 2 is 1.06 bits per heavy atom. The van der Waals surface area contributed by atoms with Crippen LogP contribution in [0.5, 0.6) is 0 Å². The molecule has 4 fully saturated rings. The van der Waals surface area contributed by atoms with Gasteiger partial charge in [0, 0.05) is 58.2 Å². The maximum Gasteiger partial charge on any atom is 0.405 e. The van der Waals surface area contributed by atoms with E-state index in [0.29, 0.717) is 25.9 Å². The van der Waals surface area contributed by atoms with E-state index in [0.717, 1.165) is 12.1 Å². The zero-order chi connectivity index (χ0) is 56.2. The summed E-state index contributed by atoms with van der Waals surface area (Å²) in [6.45, 7) is 8.49. The molecule has 0 saturated carbocycles. The maximum atomic E-state index is 16.5. The molecule has 6 N–H and O–H groups in total. The summed E-state index contributed by atoms with van der Waals surface area (Å²) in [6.07, 6.45) is -3.31. The molecule has 4 aliphatic heterocycles. The molecule has 0 bridgehead atoms. The van der Waals surface area contributed by atoms with Gasteiger partial charge in [-0.25, -0.2) is 18.4 Å². The van der Waals surface area contributed by atoms with Crippen LogP contribution in [-0.4, -0.2) is 151 Å². The lowest BCUT2D eigenvalue weighted by Crippen LogP contribution is -2.56. The second-order valence-electron chi connectivity index (χ2n) is 20.6. The van der Waals surface area contributed by atoms with E-state index in [-0.39, 0.29) is 72.6 Å². The van der Waals surface area contributed by atoms with Gasteiger partial charge in [-0.15, -0.1) is 0 Å². The standard InChI is InChI=1S/C50H64F2N10O14Si/c1-27(75-3)42(55-49(67)68)47(65)58-17-7-9-38(58)45(63)53-34-13-11-29(23-40(34)61(71)72)36-15-16-37(60(36)31-25-32(51)44(33(52)26-31)57-19-21-77(5,6)22-20-57)30-12-14-35(41(24-30)62(73)74)54-46(64)39-10-8-18-59(39)48(66)43(28(2)76-4)56-50(69)70/h11-14,23-28,36-39,42-43,55-56H,7-10,15-22H2,1-6H3,(H,53,63)(H,54,64)(H,67,68)(H,69,70)/t27?,28?,36-,37-,38-,39-,42?,43?/m0/s1. The lowest BCUT2D eigenvalue weighted by Gasteiger charge is -2.38. The number of methoxy groups -OCH3 is 2. The lowest BCUT2D eigenvalue weighted by molar-refractivity contribution is -0.384.